The molecule has 1 aliphatic rings. The lowest BCUT2D eigenvalue weighted by molar-refractivity contribution is -0.137. The molecule has 1 N–H and O–H groups in total. The van der Waals surface area contributed by atoms with E-state index >= 15 is 0 Å². The number of nitrogens with zero attached hydrogens (tertiary/aromatic N) is 1. The minimum absolute atomic E-state index is 0.00341. The van der Waals surface area contributed by atoms with E-state index in [-0.39, 0.29) is 17.0 Å². The third kappa shape index (κ3) is 4.91. The number of nitrogens with one attached hydrogen (secondary N) is 1. The smallest absolute Gasteiger partial charge is 0.416 e. The number of imide groups is 2. The summed E-state index contributed by atoms with van der Waals surface area (Å²) in [6.45, 7) is 1.15. The molecule has 3 rings (SSSR count). The van der Waals surface area contributed by atoms with E-state index in [0.717, 1.165) is 31.2 Å². The first-order valence-corrected chi connectivity index (χ1v) is 10.2. The van der Waals surface area contributed by atoms with Crippen LogP contribution in [0.3, 0.4) is 0 Å². The van der Waals surface area contributed by atoms with Crippen molar-refractivity contribution in [2.45, 2.75) is 13.1 Å². The summed E-state index contributed by atoms with van der Waals surface area (Å²) < 4.78 is 45.1. The molecule has 1 saturated heterocycles. The van der Waals surface area contributed by atoms with Gasteiger partial charge in [0, 0.05) is 17.0 Å². The average molecular weight is 576 g/mol. The molecule has 2 aromatic carbocycles. The van der Waals surface area contributed by atoms with Crippen LogP contribution < -0.4 is 15.0 Å². The monoisotopic (exact) mass is 574 g/mol. The van der Waals surface area contributed by atoms with Crippen LogP contribution in [0.2, 0.25) is 0 Å². The second-order valence-electron chi connectivity index (χ2n) is 6.41. The molecular weight excluding hydrogens is 565 g/mol. The number of rotatable bonds is 3. The predicted molar refractivity (Wildman–Crippen MR) is 114 cm³/mol. The number of esters is 1. The van der Waals surface area contributed by atoms with E-state index in [2.05, 4.69) is 31.9 Å². The van der Waals surface area contributed by atoms with Crippen molar-refractivity contribution in [3.05, 3.63) is 62.0 Å². The van der Waals surface area contributed by atoms with Gasteiger partial charge in [0.25, 0.3) is 11.8 Å². The lowest BCUT2D eigenvalue weighted by atomic mass is 10.1. The Hall–Kier alpha value is -2.99. The van der Waals surface area contributed by atoms with Gasteiger partial charge in [-0.1, -0.05) is 22.0 Å². The summed E-state index contributed by atoms with van der Waals surface area (Å²) in [5.74, 6) is -2.89. The van der Waals surface area contributed by atoms with Gasteiger partial charge in [-0.05, 0) is 52.3 Å². The van der Waals surface area contributed by atoms with Gasteiger partial charge in [-0.2, -0.15) is 13.2 Å². The Morgan fingerprint density at radius 3 is 2.44 bits per heavy atom. The summed E-state index contributed by atoms with van der Waals surface area (Å²) in [6, 6.07) is 5.35. The molecule has 0 radical (unpaired) electrons. The molecule has 166 valence electrons. The van der Waals surface area contributed by atoms with E-state index in [1.807, 2.05) is 5.32 Å². The van der Waals surface area contributed by atoms with Crippen LogP contribution in [0.1, 0.15) is 18.1 Å². The molecule has 0 saturated carbocycles. The minimum atomic E-state index is -4.71. The fraction of sp³-hybridized carbons (Fsp3) is 0.100. The van der Waals surface area contributed by atoms with Crippen molar-refractivity contribution < 1.29 is 37.1 Å². The molecule has 0 unspecified atom stereocenters. The Morgan fingerprint density at radius 2 is 1.81 bits per heavy atom. The molecule has 2 aromatic rings. The normalized spacial score (nSPS) is 15.8. The quantitative estimate of drug-likeness (QED) is 0.245. The number of amides is 4. The van der Waals surface area contributed by atoms with Crippen molar-refractivity contribution in [1.29, 1.82) is 0 Å². The van der Waals surface area contributed by atoms with Crippen molar-refractivity contribution in [1.82, 2.24) is 5.32 Å². The lowest BCUT2D eigenvalue weighted by Gasteiger charge is -2.27. The standard InChI is InChI=1S/C20H11Br2F3N2O5/c1-9(28)32-16-10(5-12(21)8-15(16)22)6-14-17(29)26-19(31)27(18(14)30)13-4-2-3-11(7-13)20(23,24)25/h2-8H,1H3,(H,26,29,31)/b14-6-. The largest absolute Gasteiger partial charge is 0.425 e. The fourth-order valence-electron chi connectivity index (χ4n) is 2.81. The maximum Gasteiger partial charge on any atom is 0.416 e. The molecule has 0 aromatic heterocycles. The molecule has 12 heteroatoms. The molecule has 0 bridgehead atoms. The lowest BCUT2D eigenvalue weighted by Crippen LogP contribution is -2.54. The highest BCUT2D eigenvalue weighted by Gasteiger charge is 2.38. The molecule has 4 amide bonds. The molecule has 32 heavy (non-hydrogen) atoms. The Bertz CT molecular complexity index is 1190. The van der Waals surface area contributed by atoms with Crippen molar-refractivity contribution in [2.75, 3.05) is 4.90 Å². The van der Waals surface area contributed by atoms with Crippen LogP contribution in [0.25, 0.3) is 6.08 Å². The number of carbonyl (C=O) groups is 4. The van der Waals surface area contributed by atoms with Gasteiger partial charge in [0.2, 0.25) is 0 Å². The third-order valence-electron chi connectivity index (χ3n) is 4.12. The maximum absolute atomic E-state index is 13.1. The van der Waals surface area contributed by atoms with E-state index in [4.69, 9.17) is 4.74 Å². The maximum atomic E-state index is 13.1. The van der Waals surface area contributed by atoms with E-state index in [0.29, 0.717) is 19.9 Å². The van der Waals surface area contributed by atoms with Crippen molar-refractivity contribution in [3.63, 3.8) is 0 Å². The molecule has 1 aliphatic heterocycles. The topological polar surface area (TPSA) is 92.8 Å². The molecule has 0 aliphatic carbocycles. The van der Waals surface area contributed by atoms with Gasteiger partial charge in [0.1, 0.15) is 5.57 Å². The number of ether oxygens (including phenoxy) is 1. The summed E-state index contributed by atoms with van der Waals surface area (Å²) in [4.78, 5) is 49.5. The number of urea groups is 1. The van der Waals surface area contributed by atoms with E-state index in [1.165, 1.54) is 6.07 Å². The number of hydrogen-bond acceptors (Lipinski definition) is 5. The molecule has 7 nitrogen and oxygen atoms in total. The van der Waals surface area contributed by atoms with Crippen molar-refractivity contribution in [3.8, 4) is 5.75 Å². The van der Waals surface area contributed by atoms with Crippen LogP contribution in [-0.2, 0) is 20.6 Å². The van der Waals surface area contributed by atoms with Crippen molar-refractivity contribution in [2.24, 2.45) is 0 Å². The van der Waals surface area contributed by atoms with Gasteiger partial charge < -0.3 is 4.74 Å². The zero-order valence-corrected chi connectivity index (χ0v) is 19.1. The van der Waals surface area contributed by atoms with Crippen LogP contribution >= 0.6 is 31.9 Å². The van der Waals surface area contributed by atoms with Crippen LogP contribution in [0.4, 0.5) is 23.7 Å². The van der Waals surface area contributed by atoms with Gasteiger partial charge in [-0.25, -0.2) is 9.69 Å². The molecule has 0 spiro atoms. The zero-order chi connectivity index (χ0) is 23.8. The molecule has 0 atom stereocenters. The SMILES string of the molecule is CC(=O)Oc1c(Br)cc(Br)cc1/C=C1/C(=O)NC(=O)N(c2cccc(C(F)(F)F)c2)C1=O. The summed E-state index contributed by atoms with van der Waals surface area (Å²) in [6.07, 6.45) is -3.64. The molecular formula is C20H11Br2F3N2O5. The Morgan fingerprint density at radius 1 is 1.12 bits per heavy atom. The van der Waals surface area contributed by atoms with E-state index in [9.17, 15) is 32.3 Å². The van der Waals surface area contributed by atoms with Gasteiger partial charge in [0.05, 0.1) is 15.7 Å². The fourth-order valence-corrected chi connectivity index (χ4v) is 4.15. The number of benzene rings is 2. The van der Waals surface area contributed by atoms with Gasteiger partial charge in [0.15, 0.2) is 5.75 Å². The van der Waals surface area contributed by atoms with Crippen molar-refractivity contribution >= 4 is 67.4 Å². The Kier molecular flexibility index (Phi) is 6.56. The number of anilines is 1. The first kappa shape index (κ1) is 23.7. The number of alkyl halides is 3. The minimum Gasteiger partial charge on any atom is -0.425 e. The number of barbiturate groups is 1. The third-order valence-corrected chi connectivity index (χ3v) is 5.16. The van der Waals surface area contributed by atoms with Gasteiger partial charge >= 0.3 is 18.2 Å². The van der Waals surface area contributed by atoms with Gasteiger partial charge in [-0.3, -0.25) is 19.7 Å². The second-order valence-corrected chi connectivity index (χ2v) is 8.18. The second kappa shape index (κ2) is 8.87. The van der Waals surface area contributed by atoms with E-state index in [1.54, 1.807) is 6.07 Å². The average Bonchev–Trinajstić information content (AvgIpc) is 2.67. The highest BCUT2D eigenvalue weighted by molar-refractivity contribution is 9.11. The molecule has 1 heterocycles. The summed E-state index contributed by atoms with van der Waals surface area (Å²) in [7, 11) is 0. The number of carbonyl (C=O) groups excluding carboxylic acids is 4. The predicted octanol–water partition coefficient (Wildman–Crippen LogP) is 4.82. The van der Waals surface area contributed by atoms with E-state index < -0.39 is 41.1 Å². The van der Waals surface area contributed by atoms with Gasteiger partial charge in [-0.15, -0.1) is 0 Å². The highest BCUT2D eigenvalue weighted by Crippen LogP contribution is 2.36. The number of halogens is 5. The number of hydrogen-bond donors (Lipinski definition) is 1. The van der Waals surface area contributed by atoms with Crippen LogP contribution in [-0.4, -0.2) is 23.8 Å². The summed E-state index contributed by atoms with van der Waals surface area (Å²) >= 11 is 6.45. The zero-order valence-electron chi connectivity index (χ0n) is 15.9. The first-order chi connectivity index (χ1) is 14.9. The summed E-state index contributed by atoms with van der Waals surface area (Å²) in [5, 5.41) is 1.92. The van der Waals surface area contributed by atoms with Crippen LogP contribution in [0, 0.1) is 0 Å². The Labute approximate surface area is 195 Å². The van der Waals surface area contributed by atoms with Crippen LogP contribution in [0.5, 0.6) is 5.75 Å². The van der Waals surface area contributed by atoms with Crippen LogP contribution in [0.15, 0.2) is 50.9 Å². The summed E-state index contributed by atoms with van der Waals surface area (Å²) in [5.41, 5.74) is -1.89. The first-order valence-electron chi connectivity index (χ1n) is 8.64. The Balaban J connectivity index is 2.11. The highest BCUT2D eigenvalue weighted by atomic mass is 79.9. The molecule has 1 fully saturated rings.